The van der Waals surface area contributed by atoms with Crippen molar-refractivity contribution in [1.82, 2.24) is 19.9 Å². The molecule has 1 aliphatic carbocycles. The standard InChI is InChI=1S/C14H22N6OS/c15-12-17-13(16)19-14(18-12)22-8-11(21)20-7-3-5-9-4-1-2-6-10(9)20/h9-10H,1-8H2,(H4,15,16,17,18,19)/t9-,10-/m0/s1. The first-order chi connectivity index (χ1) is 10.6. The normalized spacial score (nSPS) is 24.8. The Morgan fingerprint density at radius 2 is 1.77 bits per heavy atom. The van der Waals surface area contributed by atoms with E-state index in [0.717, 1.165) is 19.4 Å². The van der Waals surface area contributed by atoms with Crippen LogP contribution < -0.4 is 11.5 Å². The predicted octanol–water partition coefficient (Wildman–Crippen LogP) is 1.31. The molecule has 1 aliphatic heterocycles. The molecular formula is C14H22N6OS. The van der Waals surface area contributed by atoms with Crippen LogP contribution in [0.1, 0.15) is 38.5 Å². The van der Waals surface area contributed by atoms with E-state index in [1.165, 1.54) is 37.4 Å². The minimum atomic E-state index is 0.0905. The van der Waals surface area contributed by atoms with Crippen molar-refractivity contribution in [2.24, 2.45) is 5.92 Å². The molecule has 22 heavy (non-hydrogen) atoms. The van der Waals surface area contributed by atoms with E-state index in [9.17, 15) is 4.79 Å². The number of anilines is 2. The number of aromatic nitrogens is 3. The zero-order valence-electron chi connectivity index (χ0n) is 12.6. The summed E-state index contributed by atoms with van der Waals surface area (Å²) >= 11 is 1.28. The molecule has 0 aromatic carbocycles. The van der Waals surface area contributed by atoms with E-state index in [4.69, 9.17) is 11.5 Å². The van der Waals surface area contributed by atoms with Crippen LogP contribution in [0.4, 0.5) is 11.9 Å². The maximum absolute atomic E-state index is 12.6. The number of nitrogen functional groups attached to an aromatic ring is 2. The van der Waals surface area contributed by atoms with Crippen LogP contribution in [0.25, 0.3) is 0 Å². The second kappa shape index (κ2) is 6.68. The smallest absolute Gasteiger partial charge is 0.233 e. The lowest BCUT2D eigenvalue weighted by Crippen LogP contribution is -2.50. The Labute approximate surface area is 134 Å². The van der Waals surface area contributed by atoms with Crippen molar-refractivity contribution >= 4 is 29.6 Å². The van der Waals surface area contributed by atoms with Gasteiger partial charge < -0.3 is 16.4 Å². The van der Waals surface area contributed by atoms with Crippen LogP contribution in [0.5, 0.6) is 0 Å². The summed E-state index contributed by atoms with van der Waals surface area (Å²) in [6, 6.07) is 0.434. The number of rotatable bonds is 3. The van der Waals surface area contributed by atoms with Gasteiger partial charge in [0.2, 0.25) is 17.8 Å². The zero-order valence-corrected chi connectivity index (χ0v) is 13.4. The van der Waals surface area contributed by atoms with Gasteiger partial charge in [0.1, 0.15) is 0 Å². The Kier molecular flexibility index (Phi) is 4.66. The highest BCUT2D eigenvalue weighted by Gasteiger charge is 2.35. The van der Waals surface area contributed by atoms with Crippen molar-refractivity contribution in [1.29, 1.82) is 0 Å². The molecular weight excluding hydrogens is 300 g/mol. The van der Waals surface area contributed by atoms with Crippen molar-refractivity contribution in [3.63, 3.8) is 0 Å². The number of hydrogen-bond donors (Lipinski definition) is 2. The second-order valence-corrected chi connectivity index (χ2v) is 6.91. The molecule has 2 fully saturated rings. The van der Waals surface area contributed by atoms with Gasteiger partial charge >= 0.3 is 0 Å². The number of piperidine rings is 1. The van der Waals surface area contributed by atoms with E-state index < -0.39 is 0 Å². The number of fused-ring (bicyclic) bond motifs is 1. The third-order valence-corrected chi connectivity index (χ3v) is 5.37. The van der Waals surface area contributed by atoms with Crippen LogP contribution in [0.15, 0.2) is 5.16 Å². The number of likely N-dealkylation sites (tertiary alicyclic amines) is 1. The molecule has 2 atom stereocenters. The molecule has 4 N–H and O–H groups in total. The van der Waals surface area contributed by atoms with E-state index in [0.29, 0.717) is 22.9 Å². The average molecular weight is 322 g/mol. The van der Waals surface area contributed by atoms with Crippen molar-refractivity contribution in [3.05, 3.63) is 0 Å². The SMILES string of the molecule is Nc1nc(N)nc(SCC(=O)N2CCC[C@@H]3CCCC[C@@H]32)n1. The summed E-state index contributed by atoms with van der Waals surface area (Å²) in [4.78, 5) is 26.4. The van der Waals surface area contributed by atoms with E-state index in [-0.39, 0.29) is 17.8 Å². The van der Waals surface area contributed by atoms with Crippen LogP contribution in [0, 0.1) is 5.92 Å². The van der Waals surface area contributed by atoms with Crippen LogP contribution in [-0.2, 0) is 4.79 Å². The molecule has 1 saturated carbocycles. The van der Waals surface area contributed by atoms with Crippen molar-refractivity contribution in [3.8, 4) is 0 Å². The minimum absolute atomic E-state index is 0.0905. The Bertz CT molecular complexity index is 532. The van der Waals surface area contributed by atoms with Gasteiger partial charge in [0.05, 0.1) is 5.75 Å². The molecule has 2 aliphatic rings. The summed E-state index contributed by atoms with van der Waals surface area (Å²) in [5, 5.41) is 0.413. The lowest BCUT2D eigenvalue weighted by molar-refractivity contribution is -0.134. The highest BCUT2D eigenvalue weighted by molar-refractivity contribution is 7.99. The monoisotopic (exact) mass is 322 g/mol. The quantitative estimate of drug-likeness (QED) is 0.807. The molecule has 0 spiro atoms. The molecule has 0 unspecified atom stereocenters. The largest absolute Gasteiger partial charge is 0.368 e. The van der Waals surface area contributed by atoms with Gasteiger partial charge in [0, 0.05) is 12.6 Å². The predicted molar refractivity (Wildman–Crippen MR) is 86.1 cm³/mol. The molecule has 3 rings (SSSR count). The highest BCUT2D eigenvalue weighted by atomic mass is 32.2. The first kappa shape index (κ1) is 15.3. The van der Waals surface area contributed by atoms with Crippen LogP contribution in [0.2, 0.25) is 0 Å². The molecule has 8 heteroatoms. The Morgan fingerprint density at radius 3 is 2.55 bits per heavy atom. The van der Waals surface area contributed by atoms with Gasteiger partial charge in [0.15, 0.2) is 5.16 Å². The maximum atomic E-state index is 12.6. The molecule has 0 bridgehead atoms. The van der Waals surface area contributed by atoms with Crippen molar-refractivity contribution < 1.29 is 4.79 Å². The lowest BCUT2D eigenvalue weighted by atomic mass is 9.78. The summed E-state index contributed by atoms with van der Waals surface area (Å²) in [6.45, 7) is 0.877. The average Bonchev–Trinajstić information content (AvgIpc) is 2.51. The number of hydrogen-bond acceptors (Lipinski definition) is 7. The zero-order chi connectivity index (χ0) is 15.5. The lowest BCUT2D eigenvalue weighted by Gasteiger charge is -2.44. The fourth-order valence-corrected chi connectivity index (χ4v) is 4.33. The number of carbonyl (C=O) groups excluding carboxylic acids is 1. The van der Waals surface area contributed by atoms with Gasteiger partial charge in [-0.25, -0.2) is 0 Å². The molecule has 1 saturated heterocycles. The Hall–Kier alpha value is -1.57. The number of nitrogens with zero attached hydrogens (tertiary/aromatic N) is 4. The first-order valence-corrected chi connectivity index (χ1v) is 8.81. The van der Waals surface area contributed by atoms with Crippen molar-refractivity contribution in [2.45, 2.75) is 49.7 Å². The third kappa shape index (κ3) is 3.43. The van der Waals surface area contributed by atoms with Gasteiger partial charge in [-0.3, -0.25) is 4.79 Å². The van der Waals surface area contributed by atoms with Gasteiger partial charge in [-0.05, 0) is 31.6 Å². The number of amides is 1. The second-order valence-electron chi connectivity index (χ2n) is 5.96. The summed E-state index contributed by atoms with van der Waals surface area (Å²) in [6.07, 6.45) is 7.33. The van der Waals surface area contributed by atoms with Gasteiger partial charge in [-0.2, -0.15) is 15.0 Å². The summed E-state index contributed by atoms with van der Waals surface area (Å²) in [7, 11) is 0. The molecule has 0 radical (unpaired) electrons. The van der Waals surface area contributed by atoms with Gasteiger partial charge in [0.25, 0.3) is 0 Å². The molecule has 1 amide bonds. The molecule has 120 valence electrons. The van der Waals surface area contributed by atoms with E-state index in [2.05, 4.69) is 19.9 Å². The van der Waals surface area contributed by atoms with Gasteiger partial charge in [-0.1, -0.05) is 24.6 Å². The summed E-state index contributed by atoms with van der Waals surface area (Å²) in [5.74, 6) is 1.37. The van der Waals surface area contributed by atoms with E-state index >= 15 is 0 Å². The van der Waals surface area contributed by atoms with E-state index in [1.54, 1.807) is 0 Å². The fourth-order valence-electron chi connectivity index (χ4n) is 3.60. The highest BCUT2D eigenvalue weighted by Crippen LogP contribution is 2.35. The molecule has 7 nitrogen and oxygen atoms in total. The fraction of sp³-hybridized carbons (Fsp3) is 0.714. The third-order valence-electron chi connectivity index (χ3n) is 4.54. The maximum Gasteiger partial charge on any atom is 0.233 e. The molecule has 1 aromatic rings. The van der Waals surface area contributed by atoms with Crippen molar-refractivity contribution in [2.75, 3.05) is 23.8 Å². The first-order valence-electron chi connectivity index (χ1n) is 7.83. The Morgan fingerprint density at radius 1 is 1.09 bits per heavy atom. The molecule has 2 heterocycles. The topological polar surface area (TPSA) is 111 Å². The van der Waals surface area contributed by atoms with Crippen LogP contribution in [0.3, 0.4) is 0 Å². The van der Waals surface area contributed by atoms with Gasteiger partial charge in [-0.15, -0.1) is 0 Å². The Balaban J connectivity index is 1.61. The minimum Gasteiger partial charge on any atom is -0.368 e. The number of thioether (sulfide) groups is 1. The summed E-state index contributed by atoms with van der Waals surface area (Å²) < 4.78 is 0. The number of carbonyl (C=O) groups is 1. The molecule has 1 aromatic heterocycles. The number of nitrogens with two attached hydrogens (primary N) is 2. The summed E-state index contributed by atoms with van der Waals surface area (Å²) in [5.41, 5.74) is 11.1. The van der Waals surface area contributed by atoms with E-state index in [1.807, 2.05) is 0 Å². The van der Waals surface area contributed by atoms with Crippen LogP contribution in [-0.4, -0.2) is 44.1 Å². The van der Waals surface area contributed by atoms with Crippen LogP contribution >= 0.6 is 11.8 Å².